The fraction of sp³-hybridized carbons (Fsp3) is 0.200. The van der Waals surface area contributed by atoms with Gasteiger partial charge in [-0.25, -0.2) is 4.79 Å². The van der Waals surface area contributed by atoms with E-state index in [4.69, 9.17) is 4.74 Å². The number of carbonyl (C=O) groups excluding carboxylic acids is 2. The molecule has 0 saturated heterocycles. The van der Waals surface area contributed by atoms with Gasteiger partial charge in [-0.05, 0) is 43.7 Å². The second kappa shape index (κ2) is 8.42. The smallest absolute Gasteiger partial charge is 0.319 e. The van der Waals surface area contributed by atoms with E-state index in [2.05, 4.69) is 16.0 Å². The van der Waals surface area contributed by atoms with Gasteiger partial charge in [0.2, 0.25) is 0 Å². The highest BCUT2D eigenvalue weighted by atomic mass is 16.6. The summed E-state index contributed by atoms with van der Waals surface area (Å²) >= 11 is 0. The van der Waals surface area contributed by atoms with E-state index in [-0.39, 0.29) is 5.69 Å². The zero-order valence-corrected chi connectivity index (χ0v) is 15.9. The second-order valence-corrected chi connectivity index (χ2v) is 6.30. The first-order chi connectivity index (χ1) is 13.9. The van der Waals surface area contributed by atoms with E-state index in [1.54, 1.807) is 31.2 Å². The van der Waals surface area contributed by atoms with Crippen LogP contribution in [-0.4, -0.2) is 23.5 Å². The number of amides is 3. The van der Waals surface area contributed by atoms with Gasteiger partial charge in [-0.15, -0.1) is 0 Å². The van der Waals surface area contributed by atoms with E-state index in [1.807, 2.05) is 6.92 Å². The number of allylic oxidation sites excluding steroid dienone is 1. The number of benzene rings is 2. The van der Waals surface area contributed by atoms with Crippen LogP contribution in [0, 0.1) is 10.1 Å². The molecule has 3 rings (SSSR count). The molecular weight excluding hydrogens is 376 g/mol. The van der Waals surface area contributed by atoms with Crippen molar-refractivity contribution in [3.05, 3.63) is 75.5 Å². The number of carbonyl (C=O) groups is 2. The van der Waals surface area contributed by atoms with Crippen molar-refractivity contribution in [2.45, 2.75) is 19.9 Å². The number of nitro groups is 1. The van der Waals surface area contributed by atoms with Gasteiger partial charge in [0.05, 0.1) is 28.8 Å². The molecule has 3 amide bonds. The molecule has 1 aliphatic rings. The molecule has 9 heteroatoms. The predicted molar refractivity (Wildman–Crippen MR) is 106 cm³/mol. The molecule has 150 valence electrons. The minimum atomic E-state index is -0.760. The zero-order valence-electron chi connectivity index (χ0n) is 15.9. The van der Waals surface area contributed by atoms with Crippen molar-refractivity contribution < 1.29 is 19.2 Å². The molecule has 0 aliphatic carbocycles. The number of ether oxygens (including phenoxy) is 1. The van der Waals surface area contributed by atoms with Crippen LogP contribution in [0.1, 0.15) is 25.5 Å². The van der Waals surface area contributed by atoms with Gasteiger partial charge in [0, 0.05) is 17.8 Å². The number of nitrogens with zero attached hydrogens (tertiary/aromatic N) is 1. The Balaban J connectivity index is 1.93. The summed E-state index contributed by atoms with van der Waals surface area (Å²) in [4.78, 5) is 35.4. The number of nitrogens with one attached hydrogen (secondary N) is 3. The molecule has 0 saturated carbocycles. The van der Waals surface area contributed by atoms with Crippen molar-refractivity contribution in [1.29, 1.82) is 0 Å². The largest absolute Gasteiger partial charge is 0.492 e. The average Bonchev–Trinajstić information content (AvgIpc) is 2.69. The number of nitro benzene ring substituents is 1. The summed E-state index contributed by atoms with van der Waals surface area (Å²) in [6.45, 7) is 3.91. The Bertz CT molecular complexity index is 985. The van der Waals surface area contributed by atoms with E-state index < -0.39 is 22.9 Å². The van der Waals surface area contributed by atoms with Gasteiger partial charge < -0.3 is 20.7 Å². The molecule has 0 unspecified atom stereocenters. The number of rotatable bonds is 6. The third kappa shape index (κ3) is 4.34. The first-order valence-electron chi connectivity index (χ1n) is 8.96. The van der Waals surface area contributed by atoms with Crippen molar-refractivity contribution in [1.82, 2.24) is 10.6 Å². The first kappa shape index (κ1) is 19.9. The van der Waals surface area contributed by atoms with E-state index in [1.165, 1.54) is 24.3 Å². The van der Waals surface area contributed by atoms with E-state index in [0.717, 1.165) is 0 Å². The van der Waals surface area contributed by atoms with E-state index in [9.17, 15) is 19.7 Å². The Hall–Kier alpha value is -3.88. The summed E-state index contributed by atoms with van der Waals surface area (Å²) in [6.07, 6.45) is 0. The quantitative estimate of drug-likeness (QED) is 0.511. The lowest BCUT2D eigenvalue weighted by Crippen LogP contribution is -2.46. The third-order valence-corrected chi connectivity index (χ3v) is 4.39. The Morgan fingerprint density at radius 2 is 1.90 bits per heavy atom. The first-order valence-corrected chi connectivity index (χ1v) is 8.96. The molecule has 1 atom stereocenters. The topological polar surface area (TPSA) is 123 Å². The number of para-hydroxylation sites is 2. The van der Waals surface area contributed by atoms with E-state index >= 15 is 0 Å². The molecule has 0 radical (unpaired) electrons. The molecule has 0 aromatic heterocycles. The number of anilines is 1. The number of hydrogen-bond acceptors (Lipinski definition) is 5. The third-order valence-electron chi connectivity index (χ3n) is 4.39. The monoisotopic (exact) mass is 396 g/mol. The highest BCUT2D eigenvalue weighted by Gasteiger charge is 2.31. The Labute approximate surface area is 166 Å². The zero-order chi connectivity index (χ0) is 21.0. The fourth-order valence-corrected chi connectivity index (χ4v) is 3.07. The molecule has 1 heterocycles. The van der Waals surface area contributed by atoms with Crippen LogP contribution in [0.15, 0.2) is 59.8 Å². The van der Waals surface area contributed by atoms with Crippen LogP contribution in [0.5, 0.6) is 5.75 Å². The fourth-order valence-electron chi connectivity index (χ4n) is 3.07. The summed E-state index contributed by atoms with van der Waals surface area (Å²) in [7, 11) is 0. The number of hydrogen-bond donors (Lipinski definition) is 3. The second-order valence-electron chi connectivity index (χ2n) is 6.30. The minimum absolute atomic E-state index is 0.0774. The van der Waals surface area contributed by atoms with Crippen LogP contribution in [0.25, 0.3) is 0 Å². The van der Waals surface area contributed by atoms with Crippen molar-refractivity contribution in [3.8, 4) is 5.75 Å². The molecule has 0 bridgehead atoms. The van der Waals surface area contributed by atoms with Gasteiger partial charge >= 0.3 is 6.03 Å². The normalized spacial score (nSPS) is 15.9. The van der Waals surface area contributed by atoms with E-state index in [0.29, 0.717) is 34.9 Å². The molecule has 2 aromatic carbocycles. The highest BCUT2D eigenvalue weighted by molar-refractivity contribution is 6.07. The van der Waals surface area contributed by atoms with Gasteiger partial charge in [-0.1, -0.05) is 12.1 Å². The lowest BCUT2D eigenvalue weighted by molar-refractivity contribution is -0.384. The van der Waals surface area contributed by atoms with Gasteiger partial charge in [0.15, 0.2) is 0 Å². The summed E-state index contributed by atoms with van der Waals surface area (Å²) in [5.41, 5.74) is 1.66. The molecular formula is C20H20N4O5. The summed E-state index contributed by atoms with van der Waals surface area (Å²) in [5.74, 6) is 0.104. The number of urea groups is 1. The lowest BCUT2D eigenvalue weighted by Gasteiger charge is -2.28. The Morgan fingerprint density at radius 3 is 2.55 bits per heavy atom. The average molecular weight is 396 g/mol. The molecule has 0 spiro atoms. The van der Waals surface area contributed by atoms with Gasteiger partial charge in [-0.2, -0.15) is 0 Å². The van der Waals surface area contributed by atoms with Crippen LogP contribution in [0.3, 0.4) is 0 Å². The lowest BCUT2D eigenvalue weighted by atomic mass is 9.94. The summed E-state index contributed by atoms with van der Waals surface area (Å²) in [6, 6.07) is 11.5. The number of non-ortho nitro benzene ring substituents is 1. The van der Waals surface area contributed by atoms with Gasteiger partial charge in [0.1, 0.15) is 5.75 Å². The van der Waals surface area contributed by atoms with Crippen molar-refractivity contribution in [3.63, 3.8) is 0 Å². The molecule has 29 heavy (non-hydrogen) atoms. The molecule has 1 aliphatic heterocycles. The van der Waals surface area contributed by atoms with Gasteiger partial charge in [0.25, 0.3) is 11.6 Å². The van der Waals surface area contributed by atoms with Crippen LogP contribution >= 0.6 is 0 Å². The minimum Gasteiger partial charge on any atom is -0.492 e. The van der Waals surface area contributed by atoms with Crippen LogP contribution in [-0.2, 0) is 4.79 Å². The van der Waals surface area contributed by atoms with Crippen LogP contribution in [0.4, 0.5) is 16.2 Å². The standard InChI is InChI=1S/C20H20N4O5/c1-3-29-16-7-5-4-6-15(16)22-19(25)17-12(2)21-20(26)23-18(17)13-8-10-14(11-9-13)24(27)28/h4-11,18H,3H2,1-2H3,(H,22,25)(H2,21,23,26)/t18-/m1/s1. The summed E-state index contributed by atoms with van der Waals surface area (Å²) in [5, 5.41) is 19.0. The highest BCUT2D eigenvalue weighted by Crippen LogP contribution is 2.30. The van der Waals surface area contributed by atoms with Crippen LogP contribution in [0.2, 0.25) is 0 Å². The van der Waals surface area contributed by atoms with Crippen molar-refractivity contribution in [2.24, 2.45) is 0 Å². The molecule has 0 fully saturated rings. The maximum Gasteiger partial charge on any atom is 0.319 e. The Kier molecular flexibility index (Phi) is 5.77. The van der Waals surface area contributed by atoms with Crippen molar-refractivity contribution in [2.75, 3.05) is 11.9 Å². The summed E-state index contributed by atoms with van der Waals surface area (Å²) < 4.78 is 5.54. The maximum absolute atomic E-state index is 13.1. The van der Waals surface area contributed by atoms with Crippen LogP contribution < -0.4 is 20.7 Å². The molecule has 2 aromatic rings. The predicted octanol–water partition coefficient (Wildman–Crippen LogP) is 3.26. The van der Waals surface area contributed by atoms with Crippen molar-refractivity contribution >= 4 is 23.3 Å². The molecule has 9 nitrogen and oxygen atoms in total. The SMILES string of the molecule is CCOc1ccccc1NC(=O)C1=C(C)NC(=O)N[C@@H]1c1ccc([N+](=O)[O-])cc1. The molecule has 3 N–H and O–H groups in total. The maximum atomic E-state index is 13.1. The van der Waals surface area contributed by atoms with Gasteiger partial charge in [-0.3, -0.25) is 14.9 Å². The Morgan fingerprint density at radius 1 is 1.21 bits per heavy atom.